The molecule has 35 heavy (non-hydrogen) atoms. The van der Waals surface area contributed by atoms with E-state index in [0.717, 1.165) is 6.20 Å². The number of halogens is 1. The number of carbonyl (C=O) groups is 3. The Morgan fingerprint density at radius 3 is 2.49 bits per heavy atom. The first-order valence-corrected chi connectivity index (χ1v) is 10.8. The van der Waals surface area contributed by atoms with Crippen molar-refractivity contribution < 1.29 is 28.2 Å². The number of anilines is 1. The number of amides is 2. The summed E-state index contributed by atoms with van der Waals surface area (Å²) in [5, 5.41) is 5.22. The Morgan fingerprint density at radius 2 is 1.80 bits per heavy atom. The molecule has 2 amide bonds. The molecular formula is C26H26FN3O5. The van der Waals surface area contributed by atoms with Crippen LogP contribution in [0.3, 0.4) is 0 Å². The standard InChI is InChI=1S/C26H26FN3O5/c1-26(2,3)35-25(33)29-14-19-9-8-17(23(31)30-22-10-11-28-15-21(22)27)13-20(19)16-6-5-7-18(12-16)24(32)34-4/h5-13,15H,14H2,1-4H3,(H,29,33)(H,28,30,31). The van der Waals surface area contributed by atoms with Gasteiger partial charge in [-0.3, -0.25) is 9.78 Å². The number of hydrogen-bond donors (Lipinski definition) is 2. The molecule has 0 spiro atoms. The predicted molar refractivity (Wildman–Crippen MR) is 128 cm³/mol. The van der Waals surface area contributed by atoms with Crippen molar-refractivity contribution in [1.29, 1.82) is 0 Å². The van der Waals surface area contributed by atoms with Crippen LogP contribution in [0.25, 0.3) is 11.1 Å². The zero-order chi connectivity index (χ0) is 25.6. The normalized spacial score (nSPS) is 10.9. The maximum atomic E-state index is 13.9. The van der Waals surface area contributed by atoms with Crippen LogP contribution in [-0.4, -0.2) is 35.7 Å². The lowest BCUT2D eigenvalue weighted by molar-refractivity contribution is 0.0522. The Balaban J connectivity index is 1.96. The number of nitrogens with zero attached hydrogens (tertiary/aromatic N) is 1. The molecule has 1 aromatic heterocycles. The highest BCUT2D eigenvalue weighted by atomic mass is 19.1. The van der Waals surface area contributed by atoms with Gasteiger partial charge in [0.25, 0.3) is 5.91 Å². The predicted octanol–water partition coefficient (Wildman–Crippen LogP) is 4.95. The maximum absolute atomic E-state index is 13.9. The van der Waals surface area contributed by atoms with Crippen molar-refractivity contribution in [3.63, 3.8) is 0 Å². The summed E-state index contributed by atoms with van der Waals surface area (Å²) >= 11 is 0. The van der Waals surface area contributed by atoms with Gasteiger partial charge < -0.3 is 20.1 Å². The van der Waals surface area contributed by atoms with Crippen molar-refractivity contribution in [3.05, 3.63) is 83.4 Å². The van der Waals surface area contributed by atoms with Gasteiger partial charge in [0.1, 0.15) is 5.60 Å². The van der Waals surface area contributed by atoms with Gasteiger partial charge in [0.2, 0.25) is 0 Å². The van der Waals surface area contributed by atoms with Gasteiger partial charge in [-0.25, -0.2) is 14.0 Å². The summed E-state index contributed by atoms with van der Waals surface area (Å²) < 4.78 is 24.0. The third-order valence-corrected chi connectivity index (χ3v) is 4.81. The molecule has 0 saturated carbocycles. The summed E-state index contributed by atoms with van der Waals surface area (Å²) in [6.07, 6.45) is 1.78. The zero-order valence-corrected chi connectivity index (χ0v) is 19.8. The fraction of sp³-hybridized carbons (Fsp3) is 0.231. The lowest BCUT2D eigenvalue weighted by atomic mass is 9.95. The molecule has 0 atom stereocenters. The molecule has 0 aliphatic heterocycles. The van der Waals surface area contributed by atoms with Crippen LogP contribution in [0, 0.1) is 5.82 Å². The van der Waals surface area contributed by atoms with Crippen LogP contribution >= 0.6 is 0 Å². The molecule has 0 saturated heterocycles. The second-order valence-electron chi connectivity index (χ2n) is 8.61. The highest BCUT2D eigenvalue weighted by Gasteiger charge is 2.18. The SMILES string of the molecule is COC(=O)c1cccc(-c2cc(C(=O)Nc3ccncc3F)ccc2CNC(=O)OC(C)(C)C)c1. The number of esters is 1. The summed E-state index contributed by atoms with van der Waals surface area (Å²) in [7, 11) is 1.29. The average Bonchev–Trinajstić information content (AvgIpc) is 2.82. The Hall–Kier alpha value is -4.27. The number of carbonyl (C=O) groups excluding carboxylic acids is 3. The minimum atomic E-state index is -0.662. The van der Waals surface area contributed by atoms with E-state index in [1.807, 2.05) is 0 Å². The molecule has 2 aromatic carbocycles. The van der Waals surface area contributed by atoms with Gasteiger partial charge in [-0.15, -0.1) is 0 Å². The molecule has 0 aliphatic carbocycles. The van der Waals surface area contributed by atoms with E-state index in [9.17, 15) is 18.8 Å². The van der Waals surface area contributed by atoms with Gasteiger partial charge >= 0.3 is 12.1 Å². The number of alkyl carbamates (subject to hydrolysis) is 1. The third kappa shape index (κ3) is 6.86. The number of nitrogens with one attached hydrogen (secondary N) is 2. The number of ether oxygens (including phenoxy) is 2. The van der Waals surface area contributed by atoms with Gasteiger partial charge in [-0.2, -0.15) is 0 Å². The minimum Gasteiger partial charge on any atom is -0.465 e. The fourth-order valence-corrected chi connectivity index (χ4v) is 3.22. The van der Waals surface area contributed by atoms with Gasteiger partial charge in [0, 0.05) is 18.3 Å². The number of hydrogen-bond acceptors (Lipinski definition) is 6. The molecule has 0 fully saturated rings. The summed E-state index contributed by atoms with van der Waals surface area (Å²) in [5.41, 5.74) is 1.80. The van der Waals surface area contributed by atoms with Crippen LogP contribution < -0.4 is 10.6 Å². The van der Waals surface area contributed by atoms with E-state index in [1.165, 1.54) is 19.4 Å². The quantitative estimate of drug-likeness (QED) is 0.485. The van der Waals surface area contributed by atoms with E-state index in [-0.39, 0.29) is 17.8 Å². The number of aromatic nitrogens is 1. The van der Waals surface area contributed by atoms with Gasteiger partial charge in [-0.05, 0) is 67.8 Å². The number of methoxy groups -OCH3 is 1. The smallest absolute Gasteiger partial charge is 0.407 e. The third-order valence-electron chi connectivity index (χ3n) is 4.81. The molecule has 0 bridgehead atoms. The molecule has 1 heterocycles. The van der Waals surface area contributed by atoms with Crippen molar-refractivity contribution in [2.75, 3.05) is 12.4 Å². The van der Waals surface area contributed by atoms with E-state index >= 15 is 0 Å². The first kappa shape index (κ1) is 25.4. The van der Waals surface area contributed by atoms with Crippen molar-refractivity contribution in [3.8, 4) is 11.1 Å². The first-order chi connectivity index (χ1) is 16.6. The monoisotopic (exact) mass is 479 g/mol. The van der Waals surface area contributed by atoms with E-state index in [1.54, 1.807) is 63.2 Å². The zero-order valence-electron chi connectivity index (χ0n) is 19.8. The Kier molecular flexibility index (Phi) is 7.80. The van der Waals surface area contributed by atoms with Gasteiger partial charge in [0.05, 0.1) is 24.6 Å². The number of benzene rings is 2. The molecule has 0 unspecified atom stereocenters. The summed E-state index contributed by atoms with van der Waals surface area (Å²) in [6, 6.07) is 12.9. The van der Waals surface area contributed by atoms with Crippen LogP contribution in [0.4, 0.5) is 14.9 Å². The van der Waals surface area contributed by atoms with Crippen molar-refractivity contribution in [1.82, 2.24) is 10.3 Å². The van der Waals surface area contributed by atoms with Crippen molar-refractivity contribution in [2.45, 2.75) is 32.9 Å². The average molecular weight is 480 g/mol. The highest BCUT2D eigenvalue weighted by Crippen LogP contribution is 2.27. The highest BCUT2D eigenvalue weighted by molar-refractivity contribution is 6.05. The van der Waals surface area contributed by atoms with Crippen LogP contribution in [0.5, 0.6) is 0 Å². The van der Waals surface area contributed by atoms with Gasteiger partial charge in [-0.1, -0.05) is 18.2 Å². The molecule has 3 aromatic rings. The van der Waals surface area contributed by atoms with E-state index in [4.69, 9.17) is 9.47 Å². The number of rotatable bonds is 6. The second kappa shape index (κ2) is 10.8. The van der Waals surface area contributed by atoms with E-state index < -0.39 is 29.4 Å². The lowest BCUT2D eigenvalue weighted by Crippen LogP contribution is -2.32. The Morgan fingerprint density at radius 1 is 1.03 bits per heavy atom. The van der Waals surface area contributed by atoms with E-state index in [0.29, 0.717) is 22.3 Å². The second-order valence-corrected chi connectivity index (χ2v) is 8.61. The van der Waals surface area contributed by atoms with Crippen LogP contribution in [0.1, 0.15) is 47.1 Å². The van der Waals surface area contributed by atoms with Crippen molar-refractivity contribution in [2.24, 2.45) is 0 Å². The van der Waals surface area contributed by atoms with E-state index in [2.05, 4.69) is 15.6 Å². The topological polar surface area (TPSA) is 107 Å². The molecule has 0 aliphatic rings. The Labute approximate surface area is 202 Å². The van der Waals surface area contributed by atoms with Crippen LogP contribution in [-0.2, 0) is 16.0 Å². The summed E-state index contributed by atoms with van der Waals surface area (Å²) in [5.74, 6) is -1.71. The molecule has 0 radical (unpaired) electrons. The van der Waals surface area contributed by atoms with Gasteiger partial charge in [0.15, 0.2) is 5.82 Å². The molecule has 9 heteroatoms. The molecule has 182 valence electrons. The van der Waals surface area contributed by atoms with Crippen LogP contribution in [0.2, 0.25) is 0 Å². The summed E-state index contributed by atoms with van der Waals surface area (Å²) in [4.78, 5) is 40.7. The first-order valence-electron chi connectivity index (χ1n) is 10.8. The summed E-state index contributed by atoms with van der Waals surface area (Å²) in [6.45, 7) is 5.38. The number of pyridine rings is 1. The van der Waals surface area contributed by atoms with Crippen LogP contribution in [0.15, 0.2) is 60.9 Å². The lowest BCUT2D eigenvalue weighted by Gasteiger charge is -2.20. The largest absolute Gasteiger partial charge is 0.465 e. The molecule has 2 N–H and O–H groups in total. The molecule has 3 rings (SSSR count). The Bertz CT molecular complexity index is 1250. The molecule has 8 nitrogen and oxygen atoms in total. The maximum Gasteiger partial charge on any atom is 0.407 e. The minimum absolute atomic E-state index is 0.00472. The van der Waals surface area contributed by atoms with Crippen molar-refractivity contribution >= 4 is 23.7 Å². The molecular weight excluding hydrogens is 453 g/mol. The fourth-order valence-electron chi connectivity index (χ4n) is 3.22.